The number of hydrogen-bond donors (Lipinski definition) is 1. The van der Waals surface area contributed by atoms with Gasteiger partial charge in [0.05, 0.1) is 17.2 Å². The quantitative estimate of drug-likeness (QED) is 0.709. The van der Waals surface area contributed by atoms with Gasteiger partial charge in [0.15, 0.2) is 5.82 Å². The van der Waals surface area contributed by atoms with Gasteiger partial charge in [-0.3, -0.25) is 0 Å². The van der Waals surface area contributed by atoms with E-state index in [-0.39, 0.29) is 4.90 Å². The summed E-state index contributed by atoms with van der Waals surface area (Å²) in [5.41, 5.74) is 0.901. The Kier molecular flexibility index (Phi) is 7.08. The molecule has 1 aromatic heterocycles. The van der Waals surface area contributed by atoms with E-state index in [2.05, 4.69) is 33.7 Å². The van der Waals surface area contributed by atoms with Gasteiger partial charge in [0.2, 0.25) is 10.0 Å². The molecular formula is C21H30N4O3S. The molecule has 0 unspecified atom stereocenters. The molecule has 7 nitrogen and oxygen atoms in total. The van der Waals surface area contributed by atoms with Crippen LogP contribution in [0.4, 0.5) is 5.82 Å². The number of rotatable bonds is 8. The van der Waals surface area contributed by atoms with Gasteiger partial charge < -0.3 is 9.64 Å². The van der Waals surface area contributed by atoms with E-state index in [1.807, 2.05) is 19.1 Å². The van der Waals surface area contributed by atoms with Gasteiger partial charge >= 0.3 is 0 Å². The summed E-state index contributed by atoms with van der Waals surface area (Å²) >= 11 is 0. The Labute approximate surface area is 173 Å². The summed E-state index contributed by atoms with van der Waals surface area (Å²) < 4.78 is 33.6. The fourth-order valence-corrected chi connectivity index (χ4v) is 4.33. The summed E-state index contributed by atoms with van der Waals surface area (Å²) in [5.74, 6) is 2.30. The number of hydrogen-bond acceptors (Lipinski definition) is 6. The normalized spacial score (nSPS) is 15.7. The van der Waals surface area contributed by atoms with Gasteiger partial charge in [-0.15, -0.1) is 5.10 Å². The van der Waals surface area contributed by atoms with E-state index in [0.717, 1.165) is 37.4 Å². The number of nitrogens with one attached hydrogen (secondary N) is 1. The average molecular weight is 419 g/mol. The molecule has 0 saturated carbocycles. The van der Waals surface area contributed by atoms with Crippen molar-refractivity contribution in [3.05, 3.63) is 42.1 Å². The molecule has 2 aromatic rings. The minimum Gasteiger partial charge on any atom is -0.493 e. The van der Waals surface area contributed by atoms with Crippen LogP contribution in [-0.2, 0) is 10.0 Å². The van der Waals surface area contributed by atoms with Gasteiger partial charge in [0.1, 0.15) is 5.75 Å². The molecule has 158 valence electrons. The van der Waals surface area contributed by atoms with Crippen LogP contribution in [0.2, 0.25) is 0 Å². The van der Waals surface area contributed by atoms with Crippen molar-refractivity contribution in [2.45, 2.75) is 38.5 Å². The molecule has 1 fully saturated rings. The maximum absolute atomic E-state index is 12.6. The molecule has 0 bridgehead atoms. The highest BCUT2D eigenvalue weighted by atomic mass is 32.2. The first-order valence-electron chi connectivity index (χ1n) is 10.1. The average Bonchev–Trinajstić information content (AvgIpc) is 2.72. The summed E-state index contributed by atoms with van der Waals surface area (Å²) in [4.78, 5) is 2.47. The molecule has 1 aliphatic rings. The summed E-state index contributed by atoms with van der Waals surface area (Å²) in [5, 5.41) is 8.35. The van der Waals surface area contributed by atoms with Gasteiger partial charge in [-0.25, -0.2) is 13.1 Å². The smallest absolute Gasteiger partial charge is 0.240 e. The second-order valence-corrected chi connectivity index (χ2v) is 9.76. The van der Waals surface area contributed by atoms with Crippen molar-refractivity contribution < 1.29 is 13.2 Å². The number of ether oxygens (including phenoxy) is 1. The van der Waals surface area contributed by atoms with E-state index in [1.54, 1.807) is 24.3 Å². The van der Waals surface area contributed by atoms with Crippen molar-refractivity contribution >= 4 is 15.8 Å². The SMILES string of the molecule is Cc1ccc(N2CCC(CNS(=O)(=O)c3ccc(OCC(C)C)cc3)CC2)nn1. The highest BCUT2D eigenvalue weighted by Crippen LogP contribution is 2.22. The largest absolute Gasteiger partial charge is 0.493 e. The zero-order valence-corrected chi connectivity index (χ0v) is 18.2. The molecule has 2 heterocycles. The molecule has 29 heavy (non-hydrogen) atoms. The molecule has 8 heteroatoms. The Hall–Kier alpha value is -2.19. The summed E-state index contributed by atoms with van der Waals surface area (Å²) in [6.07, 6.45) is 1.83. The number of piperidine rings is 1. The maximum atomic E-state index is 12.6. The molecule has 0 atom stereocenters. The Morgan fingerprint density at radius 1 is 1.10 bits per heavy atom. The molecule has 0 amide bonds. The Morgan fingerprint density at radius 3 is 2.38 bits per heavy atom. The van der Waals surface area contributed by atoms with Crippen LogP contribution in [0, 0.1) is 18.8 Å². The van der Waals surface area contributed by atoms with E-state index >= 15 is 0 Å². The minimum atomic E-state index is -3.52. The molecule has 3 rings (SSSR count). The lowest BCUT2D eigenvalue weighted by Crippen LogP contribution is -2.39. The van der Waals surface area contributed by atoms with Gasteiger partial charge in [-0.1, -0.05) is 13.8 Å². The van der Waals surface area contributed by atoms with Gasteiger partial charge in [0.25, 0.3) is 0 Å². The molecule has 0 aliphatic carbocycles. The molecule has 1 aromatic carbocycles. The van der Waals surface area contributed by atoms with Crippen LogP contribution < -0.4 is 14.4 Å². The molecule has 0 radical (unpaired) electrons. The maximum Gasteiger partial charge on any atom is 0.240 e. The van der Waals surface area contributed by atoms with Crippen molar-refractivity contribution in [2.24, 2.45) is 11.8 Å². The third-order valence-electron chi connectivity index (χ3n) is 5.00. The van der Waals surface area contributed by atoms with E-state index in [0.29, 0.717) is 30.7 Å². The second kappa shape index (κ2) is 9.54. The zero-order valence-electron chi connectivity index (χ0n) is 17.3. The molecule has 0 spiro atoms. The number of nitrogens with zero attached hydrogens (tertiary/aromatic N) is 3. The first-order chi connectivity index (χ1) is 13.8. The zero-order chi connectivity index (χ0) is 20.9. The molecule has 1 saturated heterocycles. The standard InChI is InChI=1S/C21H30N4O3S/c1-16(2)15-28-19-5-7-20(8-6-19)29(26,27)22-14-18-10-12-25(13-11-18)21-9-4-17(3)23-24-21/h4-9,16,18,22H,10-15H2,1-3H3. The predicted octanol–water partition coefficient (Wildman–Crippen LogP) is 3.01. The number of aryl methyl sites for hydroxylation is 1. The predicted molar refractivity (Wildman–Crippen MR) is 114 cm³/mol. The Balaban J connectivity index is 1.48. The lowest BCUT2D eigenvalue weighted by Gasteiger charge is -2.32. The van der Waals surface area contributed by atoms with Crippen LogP contribution in [0.5, 0.6) is 5.75 Å². The first-order valence-corrected chi connectivity index (χ1v) is 11.6. The van der Waals surface area contributed by atoms with Gasteiger partial charge in [-0.2, -0.15) is 5.10 Å². The van der Waals surface area contributed by atoms with Crippen molar-refractivity contribution in [2.75, 3.05) is 31.1 Å². The Bertz CT molecular complexity index is 875. The topological polar surface area (TPSA) is 84.4 Å². The molecular weight excluding hydrogens is 388 g/mol. The van der Waals surface area contributed by atoms with Crippen LogP contribution in [0.3, 0.4) is 0 Å². The third-order valence-corrected chi connectivity index (χ3v) is 6.44. The van der Waals surface area contributed by atoms with E-state index in [1.165, 1.54) is 0 Å². The van der Waals surface area contributed by atoms with Crippen molar-refractivity contribution in [1.82, 2.24) is 14.9 Å². The van der Waals surface area contributed by atoms with Crippen LogP contribution in [-0.4, -0.2) is 44.9 Å². The monoisotopic (exact) mass is 418 g/mol. The fourth-order valence-electron chi connectivity index (χ4n) is 3.22. The lowest BCUT2D eigenvalue weighted by molar-refractivity contribution is 0.271. The summed E-state index contributed by atoms with van der Waals surface area (Å²) in [6.45, 7) is 8.82. The van der Waals surface area contributed by atoms with E-state index in [9.17, 15) is 8.42 Å². The second-order valence-electron chi connectivity index (χ2n) is 7.99. The minimum absolute atomic E-state index is 0.266. The highest BCUT2D eigenvalue weighted by molar-refractivity contribution is 7.89. The van der Waals surface area contributed by atoms with Crippen LogP contribution in [0.15, 0.2) is 41.3 Å². The van der Waals surface area contributed by atoms with Crippen LogP contribution in [0.25, 0.3) is 0 Å². The number of aromatic nitrogens is 2. The van der Waals surface area contributed by atoms with Gasteiger partial charge in [-0.05, 0) is 68.0 Å². The summed E-state index contributed by atoms with van der Waals surface area (Å²) in [7, 11) is -3.52. The number of anilines is 1. The molecule has 1 aliphatic heterocycles. The fraction of sp³-hybridized carbons (Fsp3) is 0.524. The summed E-state index contributed by atoms with van der Waals surface area (Å²) in [6, 6.07) is 10.5. The van der Waals surface area contributed by atoms with Crippen LogP contribution in [0.1, 0.15) is 32.4 Å². The van der Waals surface area contributed by atoms with Crippen molar-refractivity contribution in [3.8, 4) is 5.75 Å². The highest BCUT2D eigenvalue weighted by Gasteiger charge is 2.23. The van der Waals surface area contributed by atoms with E-state index in [4.69, 9.17) is 4.74 Å². The van der Waals surface area contributed by atoms with Crippen molar-refractivity contribution in [1.29, 1.82) is 0 Å². The van der Waals surface area contributed by atoms with Gasteiger partial charge in [0, 0.05) is 19.6 Å². The van der Waals surface area contributed by atoms with Crippen LogP contribution >= 0.6 is 0 Å². The number of benzene rings is 1. The number of sulfonamides is 1. The first kappa shape index (κ1) is 21.5. The van der Waals surface area contributed by atoms with Crippen molar-refractivity contribution in [3.63, 3.8) is 0 Å². The van der Waals surface area contributed by atoms with E-state index < -0.39 is 10.0 Å². The Morgan fingerprint density at radius 2 is 1.79 bits per heavy atom. The third kappa shape index (κ3) is 6.14. The lowest BCUT2D eigenvalue weighted by atomic mass is 9.97. The molecule has 1 N–H and O–H groups in total.